The van der Waals surface area contributed by atoms with Crippen LogP contribution in [0.3, 0.4) is 0 Å². The van der Waals surface area contributed by atoms with Crippen molar-refractivity contribution in [2.45, 2.75) is 26.9 Å². The second-order valence-corrected chi connectivity index (χ2v) is 5.55. The van der Waals surface area contributed by atoms with E-state index in [0.29, 0.717) is 24.9 Å². The molecule has 0 saturated carbocycles. The minimum atomic E-state index is 0. The zero-order valence-corrected chi connectivity index (χ0v) is 17.1. The predicted molar refractivity (Wildman–Crippen MR) is 110 cm³/mol. The Kier molecular flexibility index (Phi) is 7.64. The van der Waals surface area contributed by atoms with Crippen LogP contribution < -0.4 is 10.6 Å². The summed E-state index contributed by atoms with van der Waals surface area (Å²) in [5.74, 6) is 1.29. The molecule has 0 amide bonds. The van der Waals surface area contributed by atoms with E-state index in [4.69, 9.17) is 8.94 Å². The van der Waals surface area contributed by atoms with Gasteiger partial charge in [0.15, 0.2) is 5.96 Å². The summed E-state index contributed by atoms with van der Waals surface area (Å²) in [4.78, 5) is 9.01. The highest BCUT2D eigenvalue weighted by Crippen LogP contribution is 2.19. The number of aliphatic imine (C=N–C) groups is 1. The maximum absolute atomic E-state index is 5.56. The quantitative estimate of drug-likeness (QED) is 0.328. The second-order valence-electron chi connectivity index (χ2n) is 5.55. The van der Waals surface area contributed by atoms with Gasteiger partial charge in [0.1, 0.15) is 23.9 Å². The number of hydrogen-bond acceptors (Lipinski definition) is 5. The van der Waals surface area contributed by atoms with Crippen molar-refractivity contribution in [3.05, 3.63) is 59.8 Å². The highest BCUT2D eigenvalue weighted by Gasteiger charge is 2.07. The first-order chi connectivity index (χ1) is 12.2. The van der Waals surface area contributed by atoms with Gasteiger partial charge in [0.25, 0.3) is 0 Å². The number of benzene rings is 1. The van der Waals surface area contributed by atoms with Crippen LogP contribution in [0.25, 0.3) is 11.5 Å². The standard InChI is InChI=1S/C18H21N5O2.HI/c1-3-19-18(20-10-15-8-9-25-23-15)21-11-16-12-24-17(22-16)14-6-4-13(2)5-7-14;/h4-9,12H,3,10-11H2,1-2H3,(H2,19,20,21);1H. The van der Waals surface area contributed by atoms with Crippen molar-refractivity contribution in [1.29, 1.82) is 0 Å². The molecule has 8 heteroatoms. The molecule has 0 saturated heterocycles. The van der Waals surface area contributed by atoms with E-state index in [1.807, 2.05) is 44.2 Å². The molecule has 138 valence electrons. The molecule has 0 atom stereocenters. The van der Waals surface area contributed by atoms with Crippen molar-refractivity contribution in [3.63, 3.8) is 0 Å². The van der Waals surface area contributed by atoms with Gasteiger partial charge in [-0.3, -0.25) is 0 Å². The molecule has 0 fully saturated rings. The lowest BCUT2D eigenvalue weighted by Gasteiger charge is -2.09. The zero-order valence-electron chi connectivity index (χ0n) is 14.7. The average molecular weight is 467 g/mol. The van der Waals surface area contributed by atoms with Gasteiger partial charge in [-0.15, -0.1) is 24.0 Å². The molecule has 0 radical (unpaired) electrons. The van der Waals surface area contributed by atoms with E-state index in [-0.39, 0.29) is 24.0 Å². The Balaban J connectivity index is 0.00000243. The molecule has 26 heavy (non-hydrogen) atoms. The SMILES string of the molecule is CCNC(=NCc1coc(-c2ccc(C)cc2)n1)NCc1ccon1.I. The Bertz CT molecular complexity index is 812. The summed E-state index contributed by atoms with van der Waals surface area (Å²) in [7, 11) is 0. The number of rotatable bonds is 6. The van der Waals surface area contributed by atoms with Crippen molar-refractivity contribution in [1.82, 2.24) is 20.8 Å². The van der Waals surface area contributed by atoms with Gasteiger partial charge in [0.2, 0.25) is 5.89 Å². The lowest BCUT2D eigenvalue weighted by Crippen LogP contribution is -2.36. The van der Waals surface area contributed by atoms with E-state index in [9.17, 15) is 0 Å². The fourth-order valence-corrected chi connectivity index (χ4v) is 2.21. The summed E-state index contributed by atoms with van der Waals surface area (Å²) < 4.78 is 10.4. The fraction of sp³-hybridized carbons (Fsp3) is 0.278. The Morgan fingerprint density at radius 3 is 2.62 bits per heavy atom. The van der Waals surface area contributed by atoms with Crippen molar-refractivity contribution in [2.24, 2.45) is 4.99 Å². The van der Waals surface area contributed by atoms with Crippen LogP contribution in [0.4, 0.5) is 0 Å². The molecule has 3 aromatic rings. The summed E-state index contributed by atoms with van der Waals surface area (Å²) >= 11 is 0. The summed E-state index contributed by atoms with van der Waals surface area (Å²) in [5.41, 5.74) is 3.74. The number of nitrogens with one attached hydrogen (secondary N) is 2. The Morgan fingerprint density at radius 2 is 1.92 bits per heavy atom. The van der Waals surface area contributed by atoms with Gasteiger partial charge >= 0.3 is 0 Å². The number of halogens is 1. The maximum atomic E-state index is 5.56. The third-order valence-electron chi connectivity index (χ3n) is 3.52. The Morgan fingerprint density at radius 1 is 1.12 bits per heavy atom. The minimum Gasteiger partial charge on any atom is -0.444 e. The molecule has 0 bridgehead atoms. The van der Waals surface area contributed by atoms with Gasteiger partial charge in [-0.25, -0.2) is 9.98 Å². The van der Waals surface area contributed by atoms with E-state index in [1.54, 1.807) is 12.5 Å². The van der Waals surface area contributed by atoms with Crippen LogP contribution >= 0.6 is 24.0 Å². The fourth-order valence-electron chi connectivity index (χ4n) is 2.21. The van der Waals surface area contributed by atoms with E-state index in [2.05, 4.69) is 25.8 Å². The lowest BCUT2D eigenvalue weighted by atomic mass is 10.1. The first-order valence-corrected chi connectivity index (χ1v) is 8.17. The van der Waals surface area contributed by atoms with Gasteiger partial charge in [0, 0.05) is 18.2 Å². The van der Waals surface area contributed by atoms with Crippen LogP contribution in [-0.4, -0.2) is 22.6 Å². The van der Waals surface area contributed by atoms with Gasteiger partial charge in [-0.1, -0.05) is 22.9 Å². The molecule has 3 rings (SSSR count). The van der Waals surface area contributed by atoms with Crippen molar-refractivity contribution in [3.8, 4) is 11.5 Å². The smallest absolute Gasteiger partial charge is 0.226 e. The molecule has 2 heterocycles. The molecular weight excluding hydrogens is 445 g/mol. The average Bonchev–Trinajstić information content (AvgIpc) is 3.30. The van der Waals surface area contributed by atoms with Gasteiger partial charge in [-0.2, -0.15) is 0 Å². The Labute approximate surface area is 169 Å². The van der Waals surface area contributed by atoms with Crippen molar-refractivity contribution in [2.75, 3.05) is 6.54 Å². The molecule has 0 unspecified atom stereocenters. The van der Waals surface area contributed by atoms with Crippen LogP contribution in [-0.2, 0) is 13.1 Å². The van der Waals surface area contributed by atoms with E-state index < -0.39 is 0 Å². The van der Waals surface area contributed by atoms with Crippen LogP contribution in [0.2, 0.25) is 0 Å². The number of oxazole rings is 1. The van der Waals surface area contributed by atoms with Gasteiger partial charge in [-0.05, 0) is 26.0 Å². The van der Waals surface area contributed by atoms with Crippen LogP contribution in [0, 0.1) is 6.92 Å². The van der Waals surface area contributed by atoms with Gasteiger partial charge < -0.3 is 19.6 Å². The molecular formula is C18H22IN5O2. The number of hydrogen-bond donors (Lipinski definition) is 2. The number of guanidine groups is 1. The molecule has 1 aromatic carbocycles. The number of aryl methyl sites for hydroxylation is 1. The van der Waals surface area contributed by atoms with Crippen molar-refractivity contribution >= 4 is 29.9 Å². The Hall–Kier alpha value is -2.36. The van der Waals surface area contributed by atoms with Crippen LogP contribution in [0.5, 0.6) is 0 Å². The number of nitrogens with zero attached hydrogens (tertiary/aromatic N) is 3. The first-order valence-electron chi connectivity index (χ1n) is 8.17. The zero-order chi connectivity index (χ0) is 17.5. The largest absolute Gasteiger partial charge is 0.444 e. The van der Waals surface area contributed by atoms with Crippen molar-refractivity contribution < 1.29 is 8.94 Å². The highest BCUT2D eigenvalue weighted by molar-refractivity contribution is 14.0. The second kappa shape index (κ2) is 9.95. The molecule has 0 aliphatic carbocycles. The third kappa shape index (κ3) is 5.58. The van der Waals surface area contributed by atoms with Crippen LogP contribution in [0.1, 0.15) is 23.9 Å². The van der Waals surface area contributed by atoms with E-state index >= 15 is 0 Å². The van der Waals surface area contributed by atoms with E-state index in [0.717, 1.165) is 23.5 Å². The maximum Gasteiger partial charge on any atom is 0.226 e. The minimum absolute atomic E-state index is 0. The molecule has 0 aliphatic heterocycles. The number of aromatic nitrogens is 2. The summed E-state index contributed by atoms with van der Waals surface area (Å²) in [6, 6.07) is 9.88. The summed E-state index contributed by atoms with van der Waals surface area (Å²) in [6.45, 7) is 5.78. The third-order valence-corrected chi connectivity index (χ3v) is 3.52. The monoisotopic (exact) mass is 467 g/mol. The molecule has 0 spiro atoms. The molecule has 0 aliphatic rings. The molecule has 2 aromatic heterocycles. The van der Waals surface area contributed by atoms with Gasteiger partial charge in [0.05, 0.1) is 13.1 Å². The predicted octanol–water partition coefficient (Wildman–Crippen LogP) is 3.51. The topological polar surface area (TPSA) is 88.5 Å². The van der Waals surface area contributed by atoms with E-state index in [1.165, 1.54) is 5.56 Å². The highest BCUT2D eigenvalue weighted by atomic mass is 127. The molecule has 7 nitrogen and oxygen atoms in total. The molecule has 2 N–H and O–H groups in total. The summed E-state index contributed by atoms with van der Waals surface area (Å²) in [5, 5.41) is 10.2. The normalized spacial score (nSPS) is 11.1. The van der Waals surface area contributed by atoms with Crippen LogP contribution in [0.15, 0.2) is 56.8 Å². The first kappa shape index (κ1) is 20.0. The summed E-state index contributed by atoms with van der Waals surface area (Å²) in [6.07, 6.45) is 3.18. The lowest BCUT2D eigenvalue weighted by molar-refractivity contribution is 0.410.